The molecule has 2 atom stereocenters. The number of Topliss-reactive ketones (excluding diaryl/α,β-unsaturated/α-hetero) is 1. The van der Waals surface area contributed by atoms with Gasteiger partial charge in [0.25, 0.3) is 0 Å². The average molecular weight is 384 g/mol. The van der Waals surface area contributed by atoms with Gasteiger partial charge in [0.1, 0.15) is 11.5 Å². The third-order valence-electron chi connectivity index (χ3n) is 4.91. The van der Waals surface area contributed by atoms with E-state index in [9.17, 15) is 4.79 Å². The average Bonchev–Trinajstić information content (AvgIpc) is 3.02. The molecular weight excluding hydrogens is 356 g/mol. The summed E-state index contributed by atoms with van der Waals surface area (Å²) in [6, 6.07) is 15.5. The summed E-state index contributed by atoms with van der Waals surface area (Å²) < 4.78 is 22.7. The molecule has 0 unspecified atom stereocenters. The number of hydrogen-bond donors (Lipinski definition) is 0. The second kappa shape index (κ2) is 8.76. The first-order valence-corrected chi connectivity index (χ1v) is 9.59. The first-order chi connectivity index (χ1) is 13.4. The number of hydrogen-bond acceptors (Lipinski definition) is 5. The highest BCUT2D eigenvalue weighted by Crippen LogP contribution is 2.35. The van der Waals surface area contributed by atoms with E-state index in [4.69, 9.17) is 18.9 Å². The molecular formula is C23H28O5. The normalized spacial score (nSPS) is 20.7. The Morgan fingerprint density at radius 2 is 1.79 bits per heavy atom. The first-order valence-electron chi connectivity index (χ1n) is 9.59. The Morgan fingerprint density at radius 1 is 1.04 bits per heavy atom. The molecule has 1 aliphatic rings. The number of ketones is 1. The molecule has 150 valence electrons. The highest BCUT2D eigenvalue weighted by atomic mass is 16.8. The largest absolute Gasteiger partial charge is 0.497 e. The summed E-state index contributed by atoms with van der Waals surface area (Å²) in [5.74, 6) is 0.153. The van der Waals surface area contributed by atoms with E-state index in [1.165, 1.54) is 5.56 Å². The Morgan fingerprint density at radius 3 is 2.46 bits per heavy atom. The fourth-order valence-electron chi connectivity index (χ4n) is 3.58. The predicted molar refractivity (Wildman–Crippen MR) is 107 cm³/mol. The van der Waals surface area contributed by atoms with Crippen LogP contribution in [0, 0.1) is 0 Å². The summed E-state index contributed by atoms with van der Waals surface area (Å²) in [5.41, 5.74) is 1.72. The van der Waals surface area contributed by atoms with Gasteiger partial charge >= 0.3 is 0 Å². The molecule has 2 aromatic rings. The molecule has 0 aliphatic carbocycles. The van der Waals surface area contributed by atoms with Crippen LogP contribution >= 0.6 is 0 Å². The Hall–Kier alpha value is -2.37. The van der Waals surface area contributed by atoms with Crippen LogP contribution in [0.5, 0.6) is 11.5 Å². The summed E-state index contributed by atoms with van der Waals surface area (Å²) >= 11 is 0. The zero-order chi connectivity index (χ0) is 20.1. The van der Waals surface area contributed by atoms with Crippen LogP contribution in [0.1, 0.15) is 42.6 Å². The van der Waals surface area contributed by atoms with Gasteiger partial charge < -0.3 is 18.9 Å². The molecule has 28 heavy (non-hydrogen) atoms. The number of carbonyl (C=O) groups excluding carboxylic acids is 1. The SMILES string of the molecule is COc1ccc(OC)c(C(=O)[C@@H]2OC(C)(C)O[C@@H]2CCCc2ccccc2)c1. The number of methoxy groups -OCH3 is 2. The molecule has 0 saturated carbocycles. The van der Waals surface area contributed by atoms with Crippen LogP contribution < -0.4 is 9.47 Å². The highest BCUT2D eigenvalue weighted by Gasteiger charge is 2.45. The van der Waals surface area contributed by atoms with E-state index in [1.54, 1.807) is 32.4 Å². The van der Waals surface area contributed by atoms with Gasteiger partial charge in [-0.15, -0.1) is 0 Å². The van der Waals surface area contributed by atoms with Crippen molar-refractivity contribution in [3.05, 3.63) is 59.7 Å². The second-order valence-electron chi connectivity index (χ2n) is 7.40. The van der Waals surface area contributed by atoms with E-state index < -0.39 is 11.9 Å². The summed E-state index contributed by atoms with van der Waals surface area (Å²) in [6.45, 7) is 3.68. The van der Waals surface area contributed by atoms with Gasteiger partial charge in [-0.3, -0.25) is 4.79 Å². The van der Waals surface area contributed by atoms with Crippen molar-refractivity contribution in [2.24, 2.45) is 0 Å². The standard InChI is InChI=1S/C23H28O5/c1-23(2)27-20(12-8-11-16-9-6-5-7-10-16)22(28-23)21(24)18-15-17(25-3)13-14-19(18)26-4/h5-7,9-10,13-15,20,22H,8,11-12H2,1-4H3/t20-,22-/m1/s1. The Kier molecular flexibility index (Phi) is 6.37. The van der Waals surface area contributed by atoms with E-state index >= 15 is 0 Å². The molecule has 5 heteroatoms. The fourth-order valence-corrected chi connectivity index (χ4v) is 3.58. The van der Waals surface area contributed by atoms with Gasteiger partial charge in [-0.25, -0.2) is 0 Å². The molecule has 3 rings (SSSR count). The third-order valence-corrected chi connectivity index (χ3v) is 4.91. The van der Waals surface area contributed by atoms with Crippen molar-refractivity contribution in [3.8, 4) is 11.5 Å². The molecule has 2 aromatic carbocycles. The molecule has 0 aromatic heterocycles. The second-order valence-corrected chi connectivity index (χ2v) is 7.40. The monoisotopic (exact) mass is 384 g/mol. The number of carbonyl (C=O) groups is 1. The number of ether oxygens (including phenoxy) is 4. The van der Waals surface area contributed by atoms with Crippen molar-refractivity contribution >= 4 is 5.78 Å². The maximum atomic E-state index is 13.3. The van der Waals surface area contributed by atoms with Crippen molar-refractivity contribution in [1.82, 2.24) is 0 Å². The summed E-state index contributed by atoms with van der Waals surface area (Å²) in [7, 11) is 3.12. The van der Waals surface area contributed by atoms with Gasteiger partial charge in [0, 0.05) is 0 Å². The molecule has 0 radical (unpaired) electrons. The molecule has 0 spiro atoms. The maximum Gasteiger partial charge on any atom is 0.198 e. The molecule has 1 fully saturated rings. The maximum absolute atomic E-state index is 13.3. The minimum atomic E-state index is -0.802. The zero-order valence-corrected chi connectivity index (χ0v) is 16.9. The minimum Gasteiger partial charge on any atom is -0.497 e. The minimum absolute atomic E-state index is 0.147. The van der Waals surface area contributed by atoms with Crippen molar-refractivity contribution < 1.29 is 23.7 Å². The Labute approximate surface area is 166 Å². The van der Waals surface area contributed by atoms with Gasteiger partial charge in [0.05, 0.1) is 25.9 Å². The molecule has 5 nitrogen and oxygen atoms in total. The quantitative estimate of drug-likeness (QED) is 0.630. The molecule has 0 amide bonds. The van der Waals surface area contributed by atoms with Gasteiger partial charge in [0.2, 0.25) is 0 Å². The van der Waals surface area contributed by atoms with E-state index in [-0.39, 0.29) is 11.9 Å². The van der Waals surface area contributed by atoms with Crippen LogP contribution in [0.2, 0.25) is 0 Å². The summed E-state index contributed by atoms with van der Waals surface area (Å²) in [4.78, 5) is 13.3. The molecule has 1 saturated heterocycles. The fraction of sp³-hybridized carbons (Fsp3) is 0.435. The molecule has 1 heterocycles. The topological polar surface area (TPSA) is 54.0 Å². The van der Waals surface area contributed by atoms with E-state index in [2.05, 4.69) is 12.1 Å². The zero-order valence-electron chi connectivity index (χ0n) is 16.9. The lowest BCUT2D eigenvalue weighted by atomic mass is 9.97. The van der Waals surface area contributed by atoms with Crippen molar-refractivity contribution in [2.45, 2.75) is 51.1 Å². The molecule has 0 bridgehead atoms. The Bertz CT molecular complexity index is 800. The van der Waals surface area contributed by atoms with Gasteiger partial charge in [-0.05, 0) is 56.9 Å². The first kappa shape index (κ1) is 20.4. The van der Waals surface area contributed by atoms with Crippen molar-refractivity contribution in [3.63, 3.8) is 0 Å². The van der Waals surface area contributed by atoms with Crippen molar-refractivity contribution in [1.29, 1.82) is 0 Å². The summed E-state index contributed by atoms with van der Waals surface area (Å²) in [5, 5.41) is 0. The van der Waals surface area contributed by atoms with Crippen LogP contribution in [-0.2, 0) is 15.9 Å². The van der Waals surface area contributed by atoms with E-state index in [0.29, 0.717) is 17.1 Å². The molecule has 1 aliphatic heterocycles. The summed E-state index contributed by atoms with van der Waals surface area (Å²) in [6.07, 6.45) is 1.60. The number of aryl methyl sites for hydroxylation is 1. The van der Waals surface area contributed by atoms with Crippen LogP contribution in [-0.4, -0.2) is 38.0 Å². The Balaban J connectivity index is 1.75. The van der Waals surface area contributed by atoms with E-state index in [1.807, 2.05) is 32.0 Å². The smallest absolute Gasteiger partial charge is 0.198 e. The lowest BCUT2D eigenvalue weighted by Crippen LogP contribution is -2.32. The van der Waals surface area contributed by atoms with Crippen LogP contribution in [0.15, 0.2) is 48.5 Å². The lowest BCUT2D eigenvalue weighted by Gasteiger charge is -2.18. The highest BCUT2D eigenvalue weighted by molar-refractivity contribution is 6.02. The third kappa shape index (κ3) is 4.72. The number of benzene rings is 2. The van der Waals surface area contributed by atoms with Gasteiger partial charge in [-0.2, -0.15) is 0 Å². The lowest BCUT2D eigenvalue weighted by molar-refractivity contribution is -0.143. The van der Waals surface area contributed by atoms with Crippen LogP contribution in [0.3, 0.4) is 0 Å². The van der Waals surface area contributed by atoms with Gasteiger partial charge in [-0.1, -0.05) is 30.3 Å². The predicted octanol–water partition coefficient (Wildman–Crippen LogP) is 4.43. The molecule has 0 N–H and O–H groups in total. The van der Waals surface area contributed by atoms with Gasteiger partial charge in [0.15, 0.2) is 17.7 Å². The van der Waals surface area contributed by atoms with Crippen LogP contribution in [0.4, 0.5) is 0 Å². The van der Waals surface area contributed by atoms with E-state index in [0.717, 1.165) is 19.3 Å². The number of rotatable bonds is 8. The van der Waals surface area contributed by atoms with Crippen LogP contribution in [0.25, 0.3) is 0 Å². The van der Waals surface area contributed by atoms with Crippen molar-refractivity contribution in [2.75, 3.05) is 14.2 Å².